The number of likely N-dealkylation sites (tertiary alicyclic amines) is 1. The summed E-state index contributed by atoms with van der Waals surface area (Å²) in [6, 6.07) is 5.20. The van der Waals surface area contributed by atoms with Crippen LogP contribution >= 0.6 is 23.2 Å². The largest absolute Gasteiger partial charge is 0.326 e. The van der Waals surface area contributed by atoms with Crippen LogP contribution in [0.1, 0.15) is 33.1 Å². The van der Waals surface area contributed by atoms with E-state index in [1.807, 2.05) is 0 Å². The Morgan fingerprint density at radius 3 is 2.50 bits per heavy atom. The van der Waals surface area contributed by atoms with E-state index in [0.717, 1.165) is 38.9 Å². The molecule has 0 radical (unpaired) electrons. The Labute approximate surface area is 143 Å². The van der Waals surface area contributed by atoms with E-state index in [-0.39, 0.29) is 11.8 Å². The van der Waals surface area contributed by atoms with Gasteiger partial charge in [0.1, 0.15) is 0 Å². The minimum atomic E-state index is 0.0634. The van der Waals surface area contributed by atoms with Gasteiger partial charge in [0.15, 0.2) is 0 Å². The highest BCUT2D eigenvalue weighted by atomic mass is 35.5. The van der Waals surface area contributed by atoms with E-state index in [4.69, 9.17) is 23.2 Å². The third kappa shape index (κ3) is 4.37. The lowest BCUT2D eigenvalue weighted by molar-refractivity contribution is -0.122. The Kier molecular flexibility index (Phi) is 6.54. The van der Waals surface area contributed by atoms with Crippen LogP contribution < -0.4 is 5.32 Å². The molecule has 0 aromatic heterocycles. The van der Waals surface area contributed by atoms with Gasteiger partial charge in [-0.15, -0.1) is 0 Å². The average molecular weight is 343 g/mol. The van der Waals surface area contributed by atoms with Gasteiger partial charge >= 0.3 is 0 Å². The highest BCUT2D eigenvalue weighted by Crippen LogP contribution is 2.30. The van der Waals surface area contributed by atoms with Crippen molar-refractivity contribution in [2.75, 3.05) is 25.0 Å². The van der Waals surface area contributed by atoms with Crippen molar-refractivity contribution in [3.63, 3.8) is 0 Å². The number of carbonyl (C=O) groups is 1. The third-order valence-electron chi connectivity index (χ3n) is 4.61. The molecule has 1 N–H and O–H groups in total. The molecule has 3 nitrogen and oxygen atoms in total. The topological polar surface area (TPSA) is 32.3 Å². The number of hydrogen-bond acceptors (Lipinski definition) is 2. The monoisotopic (exact) mass is 342 g/mol. The molecule has 1 amide bonds. The maximum Gasteiger partial charge on any atom is 0.227 e. The van der Waals surface area contributed by atoms with E-state index in [0.29, 0.717) is 21.7 Å². The Bertz CT molecular complexity index is 513. The summed E-state index contributed by atoms with van der Waals surface area (Å²) in [4.78, 5) is 15.0. The van der Waals surface area contributed by atoms with Gasteiger partial charge in [-0.2, -0.15) is 0 Å². The molecule has 1 heterocycles. The second kappa shape index (κ2) is 8.19. The number of amides is 1. The van der Waals surface area contributed by atoms with E-state index < -0.39 is 0 Å². The summed E-state index contributed by atoms with van der Waals surface area (Å²) < 4.78 is 0. The number of benzene rings is 1. The molecule has 0 bridgehead atoms. The quantitative estimate of drug-likeness (QED) is 0.841. The number of piperidine rings is 1. The Balaban J connectivity index is 1.98. The number of hydrogen-bond donors (Lipinski definition) is 1. The van der Waals surface area contributed by atoms with Crippen molar-refractivity contribution in [3.8, 4) is 0 Å². The number of nitrogens with one attached hydrogen (secondary N) is 1. The second-order valence-electron chi connectivity index (χ2n) is 5.90. The van der Waals surface area contributed by atoms with Crippen LogP contribution in [-0.4, -0.2) is 30.4 Å². The molecule has 0 saturated carbocycles. The zero-order valence-corrected chi connectivity index (χ0v) is 14.8. The molecule has 1 aliphatic rings. The lowest BCUT2D eigenvalue weighted by atomic mass is 9.82. The zero-order valence-electron chi connectivity index (χ0n) is 13.2. The fraction of sp³-hybridized carbons (Fsp3) is 0.588. The standard InChI is InChI=1S/C17H24Cl2N2O/c1-3-14(12-7-9-21(4-2)10-8-12)17(22)20-13-5-6-15(18)16(19)11-13/h5-6,11-12,14H,3-4,7-10H2,1-2H3,(H,20,22). The molecule has 122 valence electrons. The molecule has 0 spiro atoms. The molecule has 1 aromatic carbocycles. The third-order valence-corrected chi connectivity index (χ3v) is 5.35. The first-order valence-electron chi connectivity index (χ1n) is 8.03. The van der Waals surface area contributed by atoms with E-state index in [9.17, 15) is 4.79 Å². The maximum atomic E-state index is 12.6. The van der Waals surface area contributed by atoms with Crippen molar-refractivity contribution in [1.29, 1.82) is 0 Å². The van der Waals surface area contributed by atoms with Crippen molar-refractivity contribution in [1.82, 2.24) is 4.90 Å². The van der Waals surface area contributed by atoms with Crippen LogP contribution in [0.4, 0.5) is 5.69 Å². The molecule has 22 heavy (non-hydrogen) atoms. The number of carbonyl (C=O) groups excluding carboxylic acids is 1. The van der Waals surface area contributed by atoms with Crippen LogP contribution in [0.15, 0.2) is 18.2 Å². The molecular formula is C17H24Cl2N2O. The summed E-state index contributed by atoms with van der Waals surface area (Å²) in [5.41, 5.74) is 0.712. The highest BCUT2D eigenvalue weighted by molar-refractivity contribution is 6.42. The number of rotatable bonds is 5. The number of nitrogens with zero attached hydrogens (tertiary/aromatic N) is 1. The van der Waals surface area contributed by atoms with Gasteiger partial charge in [-0.05, 0) is 63.0 Å². The van der Waals surface area contributed by atoms with Gasteiger partial charge in [0.25, 0.3) is 0 Å². The van der Waals surface area contributed by atoms with E-state index >= 15 is 0 Å². The molecule has 0 aliphatic carbocycles. The second-order valence-corrected chi connectivity index (χ2v) is 6.72. The molecule has 2 rings (SSSR count). The van der Waals surface area contributed by atoms with Crippen LogP contribution in [0, 0.1) is 11.8 Å². The minimum absolute atomic E-state index is 0.0634. The van der Waals surface area contributed by atoms with Gasteiger partial charge < -0.3 is 10.2 Å². The van der Waals surface area contributed by atoms with Gasteiger partial charge in [-0.1, -0.05) is 37.0 Å². The van der Waals surface area contributed by atoms with E-state index in [1.165, 1.54) is 0 Å². The number of halogens is 2. The van der Waals surface area contributed by atoms with Crippen molar-refractivity contribution in [2.45, 2.75) is 33.1 Å². The van der Waals surface area contributed by atoms with Gasteiger partial charge in [0, 0.05) is 11.6 Å². The van der Waals surface area contributed by atoms with Crippen LogP contribution in [0.3, 0.4) is 0 Å². The van der Waals surface area contributed by atoms with Crippen LogP contribution in [0.25, 0.3) is 0 Å². The predicted molar refractivity (Wildman–Crippen MR) is 93.7 cm³/mol. The van der Waals surface area contributed by atoms with Crippen molar-refractivity contribution < 1.29 is 4.79 Å². The minimum Gasteiger partial charge on any atom is -0.326 e. The average Bonchev–Trinajstić information content (AvgIpc) is 2.52. The van der Waals surface area contributed by atoms with E-state index in [2.05, 4.69) is 24.1 Å². The molecule has 1 saturated heterocycles. The van der Waals surface area contributed by atoms with Crippen molar-refractivity contribution in [3.05, 3.63) is 28.2 Å². The number of anilines is 1. The Morgan fingerprint density at radius 2 is 1.95 bits per heavy atom. The summed E-state index contributed by atoms with van der Waals surface area (Å²) in [5.74, 6) is 0.625. The lowest BCUT2D eigenvalue weighted by Crippen LogP contribution is -2.39. The summed E-state index contributed by atoms with van der Waals surface area (Å²) >= 11 is 11.9. The van der Waals surface area contributed by atoms with Crippen LogP contribution in [0.2, 0.25) is 10.0 Å². The zero-order chi connectivity index (χ0) is 16.1. The van der Waals surface area contributed by atoms with Crippen molar-refractivity contribution in [2.24, 2.45) is 11.8 Å². The first-order chi connectivity index (χ1) is 10.5. The van der Waals surface area contributed by atoms with Crippen LogP contribution in [-0.2, 0) is 4.79 Å². The SMILES string of the molecule is CCC(C(=O)Nc1ccc(Cl)c(Cl)c1)C1CCN(CC)CC1. The molecule has 1 atom stereocenters. The molecule has 1 aliphatic heterocycles. The molecule has 1 unspecified atom stereocenters. The first kappa shape index (κ1) is 17.6. The van der Waals surface area contributed by atoms with Gasteiger partial charge in [-0.3, -0.25) is 4.79 Å². The summed E-state index contributed by atoms with van der Waals surface area (Å²) in [5, 5.41) is 3.95. The fourth-order valence-corrected chi connectivity index (χ4v) is 3.51. The molecular weight excluding hydrogens is 319 g/mol. The highest BCUT2D eigenvalue weighted by Gasteiger charge is 2.29. The Hall–Kier alpha value is -0.770. The first-order valence-corrected chi connectivity index (χ1v) is 8.79. The smallest absolute Gasteiger partial charge is 0.227 e. The fourth-order valence-electron chi connectivity index (χ4n) is 3.21. The lowest BCUT2D eigenvalue weighted by Gasteiger charge is -2.34. The summed E-state index contributed by atoms with van der Waals surface area (Å²) in [6.45, 7) is 7.56. The molecule has 1 fully saturated rings. The molecule has 1 aromatic rings. The normalized spacial score (nSPS) is 18.2. The summed E-state index contributed by atoms with van der Waals surface area (Å²) in [6.07, 6.45) is 3.06. The van der Waals surface area contributed by atoms with Gasteiger partial charge in [-0.25, -0.2) is 0 Å². The maximum absolute atomic E-state index is 12.6. The van der Waals surface area contributed by atoms with E-state index in [1.54, 1.807) is 18.2 Å². The van der Waals surface area contributed by atoms with Crippen LogP contribution in [0.5, 0.6) is 0 Å². The van der Waals surface area contributed by atoms with Crippen molar-refractivity contribution >= 4 is 34.8 Å². The predicted octanol–water partition coefficient (Wildman–Crippen LogP) is 4.69. The Morgan fingerprint density at radius 1 is 1.27 bits per heavy atom. The van der Waals surface area contributed by atoms with Gasteiger partial charge in [0.05, 0.1) is 10.0 Å². The van der Waals surface area contributed by atoms with Gasteiger partial charge in [0.2, 0.25) is 5.91 Å². The summed E-state index contributed by atoms with van der Waals surface area (Å²) in [7, 11) is 0. The molecule has 5 heteroatoms.